The lowest BCUT2D eigenvalue weighted by Crippen LogP contribution is -1.99. The van der Waals surface area contributed by atoms with Gasteiger partial charge >= 0.3 is 0 Å². The molecule has 0 saturated carbocycles. The summed E-state index contributed by atoms with van der Waals surface area (Å²) in [5, 5.41) is 11.7. The van der Waals surface area contributed by atoms with Gasteiger partial charge in [0.2, 0.25) is 0 Å². The highest BCUT2D eigenvalue weighted by molar-refractivity contribution is 6.42. The summed E-state index contributed by atoms with van der Waals surface area (Å²) < 4.78 is 0. The molecule has 1 heterocycles. The van der Waals surface area contributed by atoms with Crippen LogP contribution in [0.15, 0.2) is 24.5 Å². The summed E-state index contributed by atoms with van der Waals surface area (Å²) in [6, 6.07) is 5.27. The Labute approximate surface area is 103 Å². The van der Waals surface area contributed by atoms with Crippen LogP contribution < -0.4 is 5.32 Å². The van der Waals surface area contributed by atoms with Crippen LogP contribution in [-0.4, -0.2) is 22.2 Å². The summed E-state index contributed by atoms with van der Waals surface area (Å²) in [4.78, 5) is 4.06. The molecule has 0 aliphatic heterocycles. The number of rotatable bonds is 2. The smallest absolute Gasteiger partial charge is 0.156 e. The van der Waals surface area contributed by atoms with E-state index >= 15 is 0 Å². The molecule has 0 aliphatic carbocycles. The minimum absolute atomic E-state index is 0.479. The van der Waals surface area contributed by atoms with Crippen LogP contribution in [0.5, 0.6) is 0 Å². The SMILES string of the molecule is CNc1ncnnc1-c1ccc(Cl)c(Cl)c1. The Bertz CT molecular complexity index is 516. The first kappa shape index (κ1) is 11.1. The Hall–Kier alpha value is -1.39. The van der Waals surface area contributed by atoms with Crippen molar-refractivity contribution in [3.8, 4) is 11.3 Å². The molecule has 2 aromatic rings. The first-order chi connectivity index (χ1) is 7.72. The van der Waals surface area contributed by atoms with Gasteiger partial charge in [-0.25, -0.2) is 4.98 Å². The quantitative estimate of drug-likeness (QED) is 0.896. The molecular weight excluding hydrogens is 247 g/mol. The van der Waals surface area contributed by atoms with Gasteiger partial charge in [-0.2, -0.15) is 0 Å². The molecule has 0 atom stereocenters. The summed E-state index contributed by atoms with van der Waals surface area (Å²) in [5.74, 6) is 0.647. The standard InChI is InChI=1S/C10H8Cl2N4/c1-13-10-9(16-15-5-14-10)6-2-3-7(11)8(12)4-6/h2-5H,1H3,(H,13,14,15). The van der Waals surface area contributed by atoms with Gasteiger partial charge < -0.3 is 5.32 Å². The summed E-state index contributed by atoms with van der Waals surface area (Å²) in [7, 11) is 1.77. The van der Waals surface area contributed by atoms with Crippen LogP contribution in [0.4, 0.5) is 5.82 Å². The molecule has 0 fully saturated rings. The van der Waals surface area contributed by atoms with E-state index in [4.69, 9.17) is 23.2 Å². The van der Waals surface area contributed by atoms with Gasteiger partial charge in [-0.3, -0.25) is 0 Å². The predicted octanol–water partition coefficient (Wildman–Crippen LogP) is 2.89. The molecule has 1 aromatic carbocycles. The number of hydrogen-bond acceptors (Lipinski definition) is 4. The number of halogens is 2. The number of nitrogens with one attached hydrogen (secondary N) is 1. The normalized spacial score (nSPS) is 10.2. The summed E-state index contributed by atoms with van der Waals surface area (Å²) in [5.41, 5.74) is 1.46. The van der Waals surface area contributed by atoms with Crippen molar-refractivity contribution < 1.29 is 0 Å². The lowest BCUT2D eigenvalue weighted by Gasteiger charge is -2.06. The van der Waals surface area contributed by atoms with Crippen molar-refractivity contribution in [3.63, 3.8) is 0 Å². The lowest BCUT2D eigenvalue weighted by molar-refractivity contribution is 0.978. The number of hydrogen-bond donors (Lipinski definition) is 1. The second kappa shape index (κ2) is 4.63. The molecule has 0 amide bonds. The molecule has 0 aliphatic rings. The summed E-state index contributed by atoms with van der Waals surface area (Å²) >= 11 is 11.8. The van der Waals surface area contributed by atoms with Gasteiger partial charge in [-0.05, 0) is 12.1 Å². The fourth-order valence-electron chi connectivity index (χ4n) is 1.30. The van der Waals surface area contributed by atoms with Crippen LogP contribution in [-0.2, 0) is 0 Å². The molecule has 82 valence electrons. The Morgan fingerprint density at radius 2 is 2.00 bits per heavy atom. The van der Waals surface area contributed by atoms with E-state index in [0.717, 1.165) is 5.56 Å². The highest BCUT2D eigenvalue weighted by Crippen LogP contribution is 2.29. The molecular formula is C10H8Cl2N4. The number of nitrogens with zero attached hydrogens (tertiary/aromatic N) is 3. The van der Waals surface area contributed by atoms with Crippen molar-refractivity contribution in [3.05, 3.63) is 34.6 Å². The van der Waals surface area contributed by atoms with Crippen LogP contribution in [0.2, 0.25) is 10.0 Å². The molecule has 0 radical (unpaired) electrons. The second-order valence-corrected chi connectivity index (χ2v) is 3.85. The van der Waals surface area contributed by atoms with Crippen LogP contribution >= 0.6 is 23.2 Å². The molecule has 0 bridgehead atoms. The lowest BCUT2D eigenvalue weighted by atomic mass is 10.1. The molecule has 6 heteroatoms. The van der Waals surface area contributed by atoms with Crippen molar-refractivity contribution in [2.75, 3.05) is 12.4 Å². The zero-order valence-electron chi connectivity index (χ0n) is 8.41. The molecule has 0 spiro atoms. The van der Waals surface area contributed by atoms with Crippen LogP contribution in [0, 0.1) is 0 Å². The molecule has 1 N–H and O–H groups in total. The van der Waals surface area contributed by atoms with Crippen molar-refractivity contribution in [2.24, 2.45) is 0 Å². The molecule has 16 heavy (non-hydrogen) atoms. The van der Waals surface area contributed by atoms with Crippen molar-refractivity contribution in [1.29, 1.82) is 0 Å². The van der Waals surface area contributed by atoms with Gasteiger partial charge in [0, 0.05) is 12.6 Å². The number of benzene rings is 1. The average Bonchev–Trinajstić information content (AvgIpc) is 2.32. The summed E-state index contributed by atoms with van der Waals surface area (Å²) in [6.45, 7) is 0. The van der Waals surface area contributed by atoms with Gasteiger partial charge in [0.1, 0.15) is 12.0 Å². The van der Waals surface area contributed by atoms with Crippen LogP contribution in [0.3, 0.4) is 0 Å². The average molecular weight is 255 g/mol. The van der Waals surface area contributed by atoms with Gasteiger partial charge in [-0.15, -0.1) is 10.2 Å². The number of anilines is 1. The molecule has 0 unspecified atom stereocenters. The highest BCUT2D eigenvalue weighted by Gasteiger charge is 2.08. The topological polar surface area (TPSA) is 50.7 Å². The largest absolute Gasteiger partial charge is 0.371 e. The van der Waals surface area contributed by atoms with Crippen LogP contribution in [0.1, 0.15) is 0 Å². The first-order valence-corrected chi connectivity index (χ1v) is 5.29. The Kier molecular flexibility index (Phi) is 3.22. The second-order valence-electron chi connectivity index (χ2n) is 3.04. The van der Waals surface area contributed by atoms with Gasteiger partial charge in [-0.1, -0.05) is 29.3 Å². The maximum absolute atomic E-state index is 5.94. The van der Waals surface area contributed by atoms with E-state index in [0.29, 0.717) is 21.6 Å². The Balaban J connectivity index is 2.54. The van der Waals surface area contributed by atoms with E-state index < -0.39 is 0 Å². The fraction of sp³-hybridized carbons (Fsp3) is 0.100. The third kappa shape index (κ3) is 2.08. The third-order valence-corrected chi connectivity index (χ3v) is 2.79. The first-order valence-electron chi connectivity index (χ1n) is 4.53. The maximum Gasteiger partial charge on any atom is 0.156 e. The third-order valence-electron chi connectivity index (χ3n) is 2.05. The highest BCUT2D eigenvalue weighted by atomic mass is 35.5. The monoisotopic (exact) mass is 254 g/mol. The molecule has 4 nitrogen and oxygen atoms in total. The minimum Gasteiger partial charge on any atom is -0.371 e. The van der Waals surface area contributed by atoms with E-state index in [1.807, 2.05) is 6.07 Å². The Morgan fingerprint density at radius 3 is 2.69 bits per heavy atom. The molecule has 0 saturated heterocycles. The molecule has 2 rings (SSSR count). The van der Waals surface area contributed by atoms with Crippen molar-refractivity contribution in [2.45, 2.75) is 0 Å². The van der Waals surface area contributed by atoms with Gasteiger partial charge in [0.05, 0.1) is 10.0 Å². The van der Waals surface area contributed by atoms with E-state index in [1.165, 1.54) is 6.33 Å². The van der Waals surface area contributed by atoms with Crippen molar-refractivity contribution in [1.82, 2.24) is 15.2 Å². The van der Waals surface area contributed by atoms with Gasteiger partial charge in [0.15, 0.2) is 5.82 Å². The van der Waals surface area contributed by atoms with E-state index in [9.17, 15) is 0 Å². The Morgan fingerprint density at radius 1 is 1.19 bits per heavy atom. The fourth-order valence-corrected chi connectivity index (χ4v) is 1.59. The van der Waals surface area contributed by atoms with Gasteiger partial charge in [0.25, 0.3) is 0 Å². The zero-order valence-corrected chi connectivity index (χ0v) is 9.92. The van der Waals surface area contributed by atoms with Crippen molar-refractivity contribution >= 4 is 29.0 Å². The summed E-state index contributed by atoms with van der Waals surface area (Å²) in [6.07, 6.45) is 1.38. The predicted molar refractivity (Wildman–Crippen MR) is 64.8 cm³/mol. The van der Waals surface area contributed by atoms with E-state index in [1.54, 1.807) is 19.2 Å². The molecule has 1 aromatic heterocycles. The number of aromatic nitrogens is 3. The minimum atomic E-state index is 0.479. The zero-order chi connectivity index (χ0) is 11.5. The van der Waals surface area contributed by atoms with E-state index in [-0.39, 0.29) is 0 Å². The van der Waals surface area contributed by atoms with E-state index in [2.05, 4.69) is 20.5 Å². The van der Waals surface area contributed by atoms with Crippen LogP contribution in [0.25, 0.3) is 11.3 Å². The maximum atomic E-state index is 5.94.